The van der Waals surface area contributed by atoms with Crippen LogP contribution in [0.3, 0.4) is 0 Å². The highest BCUT2D eigenvalue weighted by molar-refractivity contribution is 7.18. The topological polar surface area (TPSA) is 67.5 Å². The van der Waals surface area contributed by atoms with E-state index in [9.17, 15) is 0 Å². The van der Waals surface area contributed by atoms with Gasteiger partial charge in [0.2, 0.25) is 0 Å². The van der Waals surface area contributed by atoms with Crippen molar-refractivity contribution in [3.8, 4) is 28.0 Å². The SMILES string of the molecule is CC1CN(c2ncc(-c3cnc(N)c(OCc4cc(C#CC(C)(C)C)cc(C(C)(C)C)c4C(C)(C)C)c3)s2)CC(C)N1C(C)(C)C. The summed E-state index contributed by atoms with van der Waals surface area (Å²) in [5.41, 5.74) is 12.0. The Morgan fingerprint density at radius 1 is 0.870 bits per heavy atom. The van der Waals surface area contributed by atoms with Gasteiger partial charge >= 0.3 is 0 Å². The first-order chi connectivity index (χ1) is 21.0. The van der Waals surface area contributed by atoms with E-state index in [2.05, 4.69) is 136 Å². The summed E-state index contributed by atoms with van der Waals surface area (Å²) in [6, 6.07) is 7.34. The Kier molecular flexibility index (Phi) is 9.99. The van der Waals surface area contributed by atoms with Crippen molar-refractivity contribution in [2.75, 3.05) is 23.7 Å². The van der Waals surface area contributed by atoms with Gasteiger partial charge in [0.15, 0.2) is 16.7 Å². The third-order valence-electron chi connectivity index (χ3n) is 8.37. The fraction of sp³-hybridized carbons (Fsp3) is 0.590. The lowest BCUT2D eigenvalue weighted by Crippen LogP contribution is -2.62. The number of nitrogens with zero attached hydrogens (tertiary/aromatic N) is 4. The van der Waals surface area contributed by atoms with Crippen LogP contribution in [0.25, 0.3) is 10.4 Å². The average molecular weight is 644 g/mol. The zero-order valence-corrected chi connectivity index (χ0v) is 31.7. The first-order valence-electron chi connectivity index (χ1n) is 16.6. The lowest BCUT2D eigenvalue weighted by atomic mass is 9.72. The van der Waals surface area contributed by atoms with Crippen molar-refractivity contribution in [2.45, 2.75) is 132 Å². The first-order valence-corrected chi connectivity index (χ1v) is 17.5. The quantitative estimate of drug-likeness (QED) is 0.280. The highest BCUT2D eigenvalue weighted by Gasteiger charge is 2.37. The number of rotatable bonds is 5. The van der Waals surface area contributed by atoms with Crippen LogP contribution >= 0.6 is 11.3 Å². The van der Waals surface area contributed by atoms with Gasteiger partial charge in [0.25, 0.3) is 0 Å². The highest BCUT2D eigenvalue weighted by atomic mass is 32.1. The van der Waals surface area contributed by atoms with Crippen LogP contribution in [0.4, 0.5) is 10.9 Å². The van der Waals surface area contributed by atoms with Gasteiger partial charge in [-0.25, -0.2) is 9.97 Å². The normalized spacial score (nSPS) is 18.3. The van der Waals surface area contributed by atoms with Crippen LogP contribution in [0.15, 0.2) is 30.6 Å². The third-order valence-corrected chi connectivity index (χ3v) is 9.47. The predicted molar refractivity (Wildman–Crippen MR) is 197 cm³/mol. The molecule has 2 aromatic heterocycles. The van der Waals surface area contributed by atoms with Gasteiger partial charge in [-0.1, -0.05) is 64.7 Å². The Hall–Kier alpha value is -3.08. The summed E-state index contributed by atoms with van der Waals surface area (Å²) in [6.07, 6.45) is 3.77. The second-order valence-corrected chi connectivity index (χ2v) is 18.2. The Balaban J connectivity index is 1.64. The van der Waals surface area contributed by atoms with Gasteiger partial charge in [0.05, 0.1) is 4.88 Å². The second-order valence-electron chi connectivity index (χ2n) is 17.1. The van der Waals surface area contributed by atoms with Crippen LogP contribution in [-0.4, -0.2) is 45.6 Å². The van der Waals surface area contributed by atoms with E-state index in [4.69, 9.17) is 15.5 Å². The minimum atomic E-state index is -0.0880. The van der Waals surface area contributed by atoms with Crippen LogP contribution in [0.5, 0.6) is 5.75 Å². The lowest BCUT2D eigenvalue weighted by molar-refractivity contribution is 0.0361. The molecule has 0 bridgehead atoms. The molecule has 0 spiro atoms. The molecule has 1 aromatic carbocycles. The Bertz CT molecular complexity index is 1590. The molecule has 3 aromatic rings. The Morgan fingerprint density at radius 2 is 1.50 bits per heavy atom. The highest BCUT2D eigenvalue weighted by Crippen LogP contribution is 2.39. The van der Waals surface area contributed by atoms with Crippen LogP contribution in [0, 0.1) is 17.3 Å². The lowest BCUT2D eigenvalue weighted by Gasteiger charge is -2.50. The van der Waals surface area contributed by atoms with Gasteiger partial charge in [-0.3, -0.25) is 4.90 Å². The van der Waals surface area contributed by atoms with Gasteiger partial charge in [0, 0.05) is 59.6 Å². The van der Waals surface area contributed by atoms with Crippen molar-refractivity contribution in [2.24, 2.45) is 5.41 Å². The molecule has 4 rings (SSSR count). The minimum absolute atomic E-state index is 0.0594. The number of hydrogen-bond donors (Lipinski definition) is 1. The fourth-order valence-electron chi connectivity index (χ4n) is 6.83. The monoisotopic (exact) mass is 643 g/mol. The van der Waals surface area contributed by atoms with Crippen molar-refractivity contribution in [1.29, 1.82) is 0 Å². The number of anilines is 2. The molecule has 250 valence electrons. The molecule has 2 N–H and O–H groups in total. The van der Waals surface area contributed by atoms with E-state index in [1.54, 1.807) is 11.3 Å². The maximum atomic E-state index is 6.52. The minimum Gasteiger partial charge on any atom is -0.485 e. The van der Waals surface area contributed by atoms with Crippen molar-refractivity contribution >= 4 is 22.3 Å². The first kappa shape index (κ1) is 35.8. The standard InChI is InChI=1S/C39H57N5OS/c1-25-22-43(23-26(2)44(25)39(12,13)14)35-42-21-32(46-35)28-19-31(34(40)41-20-28)45-24-29-17-27(15-16-36(3,4)5)18-30(37(6,7)8)33(29)38(9,10)11/h17-21,25-26H,22-24H2,1-14H3,(H2,40,41). The predicted octanol–water partition coefficient (Wildman–Crippen LogP) is 9.06. The number of thiazole rings is 1. The Morgan fingerprint density at radius 3 is 2.04 bits per heavy atom. The number of hydrogen-bond acceptors (Lipinski definition) is 7. The number of nitrogens with two attached hydrogens (primary N) is 1. The molecule has 46 heavy (non-hydrogen) atoms. The van der Waals surface area contributed by atoms with E-state index in [0.717, 1.165) is 39.8 Å². The molecule has 6 nitrogen and oxygen atoms in total. The van der Waals surface area contributed by atoms with Crippen molar-refractivity contribution in [3.63, 3.8) is 0 Å². The summed E-state index contributed by atoms with van der Waals surface area (Å²) < 4.78 is 6.52. The zero-order valence-electron chi connectivity index (χ0n) is 30.8. The molecule has 7 heteroatoms. The van der Waals surface area contributed by atoms with Crippen molar-refractivity contribution in [3.05, 3.63) is 52.8 Å². The largest absolute Gasteiger partial charge is 0.485 e. The van der Waals surface area contributed by atoms with E-state index in [0.29, 0.717) is 30.3 Å². The molecule has 2 unspecified atom stereocenters. The smallest absolute Gasteiger partial charge is 0.185 e. The fourth-order valence-corrected chi connectivity index (χ4v) is 7.75. The summed E-state index contributed by atoms with van der Waals surface area (Å²) in [6.45, 7) is 33.8. The van der Waals surface area contributed by atoms with E-state index in [1.165, 1.54) is 11.1 Å². The van der Waals surface area contributed by atoms with E-state index < -0.39 is 0 Å². The van der Waals surface area contributed by atoms with Crippen LogP contribution < -0.4 is 15.4 Å². The zero-order chi connectivity index (χ0) is 34.4. The molecular formula is C39H57N5OS. The summed E-state index contributed by atoms with van der Waals surface area (Å²) in [4.78, 5) is 15.5. The van der Waals surface area contributed by atoms with Crippen LogP contribution in [-0.2, 0) is 17.4 Å². The molecule has 0 amide bonds. The average Bonchev–Trinajstić information content (AvgIpc) is 3.39. The molecule has 1 fully saturated rings. The molecule has 3 heterocycles. The van der Waals surface area contributed by atoms with E-state index in [1.807, 2.05) is 18.5 Å². The summed E-state index contributed by atoms with van der Waals surface area (Å²) in [7, 11) is 0. The molecule has 0 aliphatic carbocycles. The van der Waals surface area contributed by atoms with Gasteiger partial charge < -0.3 is 15.4 Å². The van der Waals surface area contributed by atoms with Gasteiger partial charge in [0.1, 0.15) is 6.61 Å². The maximum Gasteiger partial charge on any atom is 0.185 e. The number of pyridine rings is 1. The number of ether oxygens (including phenoxy) is 1. The molecule has 1 saturated heterocycles. The number of benzene rings is 1. The van der Waals surface area contributed by atoms with Crippen LogP contribution in [0.1, 0.15) is 119 Å². The maximum absolute atomic E-state index is 6.52. The van der Waals surface area contributed by atoms with Crippen molar-refractivity contribution in [1.82, 2.24) is 14.9 Å². The number of aromatic nitrogens is 2. The molecule has 0 radical (unpaired) electrons. The number of nitrogen functional groups attached to an aromatic ring is 1. The molecule has 1 aliphatic rings. The van der Waals surface area contributed by atoms with Crippen LogP contribution in [0.2, 0.25) is 0 Å². The summed E-state index contributed by atoms with van der Waals surface area (Å²) in [5.74, 6) is 7.83. The van der Waals surface area contributed by atoms with Gasteiger partial charge in [-0.05, 0) is 101 Å². The molecular weight excluding hydrogens is 587 g/mol. The van der Waals surface area contributed by atoms with Crippen molar-refractivity contribution < 1.29 is 4.74 Å². The van der Waals surface area contributed by atoms with Gasteiger partial charge in [-0.2, -0.15) is 0 Å². The summed E-state index contributed by atoms with van der Waals surface area (Å²) in [5, 5.41) is 1.04. The summed E-state index contributed by atoms with van der Waals surface area (Å²) >= 11 is 1.70. The van der Waals surface area contributed by atoms with E-state index in [-0.39, 0.29) is 21.8 Å². The van der Waals surface area contributed by atoms with E-state index >= 15 is 0 Å². The van der Waals surface area contributed by atoms with Gasteiger partial charge in [-0.15, -0.1) is 0 Å². The molecule has 1 aliphatic heterocycles. The number of piperazine rings is 1. The molecule has 0 saturated carbocycles. The Labute approximate surface area is 283 Å². The second kappa shape index (κ2) is 12.8. The third kappa shape index (κ3) is 8.44. The molecule has 2 atom stereocenters.